The van der Waals surface area contributed by atoms with Crippen molar-refractivity contribution in [1.82, 2.24) is 5.43 Å². The zero-order chi connectivity index (χ0) is 25.4. The van der Waals surface area contributed by atoms with Crippen molar-refractivity contribution in [2.45, 2.75) is 20.0 Å². The Labute approximate surface area is 215 Å². The fraction of sp³-hybridized carbons (Fsp3) is 0.160. The smallest absolute Gasteiger partial charge is 0.329 e. The molecule has 0 saturated carbocycles. The van der Waals surface area contributed by atoms with Crippen molar-refractivity contribution in [3.8, 4) is 11.5 Å². The molecule has 10 heteroatoms. The van der Waals surface area contributed by atoms with Gasteiger partial charge in [0.25, 0.3) is 0 Å². The third kappa shape index (κ3) is 6.80. The number of hydrogen-bond acceptors (Lipinski definition) is 5. The number of hydrazone groups is 1. The van der Waals surface area contributed by atoms with Crippen LogP contribution >= 0.6 is 27.5 Å². The molecule has 7 nitrogen and oxygen atoms in total. The Morgan fingerprint density at radius 3 is 2.63 bits per heavy atom. The summed E-state index contributed by atoms with van der Waals surface area (Å²) >= 11 is 9.46. The van der Waals surface area contributed by atoms with Crippen LogP contribution in [0.25, 0.3) is 0 Å². The first-order chi connectivity index (χ1) is 16.8. The first-order valence-corrected chi connectivity index (χ1v) is 11.7. The molecule has 3 aromatic rings. The average Bonchev–Trinajstić information content (AvgIpc) is 2.84. The molecule has 0 aliphatic heterocycles. The molecule has 0 aromatic heterocycles. The van der Waals surface area contributed by atoms with E-state index in [1.807, 2.05) is 19.1 Å². The number of carbonyl (C=O) groups excluding carboxylic acids is 2. The molecule has 2 amide bonds. The maximum atomic E-state index is 14.0. The molecule has 0 radical (unpaired) electrons. The molecule has 0 heterocycles. The first kappa shape index (κ1) is 26.2. The van der Waals surface area contributed by atoms with E-state index >= 15 is 0 Å². The van der Waals surface area contributed by atoms with Crippen molar-refractivity contribution >= 4 is 51.2 Å². The van der Waals surface area contributed by atoms with E-state index in [1.165, 1.54) is 25.5 Å². The number of aryl methyl sites for hydroxylation is 1. The number of anilines is 1. The number of methoxy groups -OCH3 is 1. The molecule has 0 aliphatic carbocycles. The summed E-state index contributed by atoms with van der Waals surface area (Å²) < 4.78 is 25.7. The van der Waals surface area contributed by atoms with Gasteiger partial charge in [0.15, 0.2) is 11.5 Å². The standard InChI is InChI=1S/C25H22BrClFN3O4/c1-3-16-7-4-5-10-21(16)30-24(32)25(33)31-29-13-15-11-18(26)23(22(12-15)34-2)35-14-17-19(27)8-6-9-20(17)28/h4-13H,3,14H2,1-2H3,(H,30,32)(H,31,33). The maximum Gasteiger partial charge on any atom is 0.329 e. The lowest BCUT2D eigenvalue weighted by Gasteiger charge is -2.14. The number of amides is 2. The number of halogens is 3. The van der Waals surface area contributed by atoms with E-state index in [4.69, 9.17) is 21.1 Å². The predicted molar refractivity (Wildman–Crippen MR) is 137 cm³/mol. The minimum absolute atomic E-state index is 0.111. The molecule has 35 heavy (non-hydrogen) atoms. The van der Waals surface area contributed by atoms with Crippen molar-refractivity contribution in [2.24, 2.45) is 5.10 Å². The van der Waals surface area contributed by atoms with Crippen molar-refractivity contribution in [1.29, 1.82) is 0 Å². The first-order valence-electron chi connectivity index (χ1n) is 10.5. The second-order valence-corrected chi connectivity index (χ2v) is 8.45. The Hall–Kier alpha value is -3.43. The Kier molecular flexibility index (Phi) is 9.22. The summed E-state index contributed by atoms with van der Waals surface area (Å²) in [6.07, 6.45) is 2.05. The van der Waals surface area contributed by atoms with Gasteiger partial charge in [-0.3, -0.25) is 9.59 Å². The molecular formula is C25H22BrClFN3O4. The van der Waals surface area contributed by atoms with Crippen LogP contribution in [0.3, 0.4) is 0 Å². The monoisotopic (exact) mass is 561 g/mol. The summed E-state index contributed by atoms with van der Waals surface area (Å²) in [5.41, 5.74) is 4.44. The number of rotatable bonds is 8. The summed E-state index contributed by atoms with van der Waals surface area (Å²) in [5.74, 6) is -1.55. The maximum absolute atomic E-state index is 14.0. The van der Waals surface area contributed by atoms with Gasteiger partial charge in [0, 0.05) is 11.3 Å². The van der Waals surface area contributed by atoms with Crippen LogP contribution in [0.4, 0.5) is 10.1 Å². The second-order valence-electron chi connectivity index (χ2n) is 7.19. The molecule has 3 rings (SSSR count). The van der Waals surface area contributed by atoms with Crippen LogP contribution in [0.1, 0.15) is 23.6 Å². The Bertz CT molecular complexity index is 1250. The largest absolute Gasteiger partial charge is 0.493 e. The normalized spacial score (nSPS) is 10.8. The molecule has 182 valence electrons. The zero-order valence-electron chi connectivity index (χ0n) is 18.9. The van der Waals surface area contributed by atoms with Gasteiger partial charge >= 0.3 is 11.8 Å². The fourth-order valence-corrected chi connectivity index (χ4v) is 3.91. The average molecular weight is 563 g/mol. The van der Waals surface area contributed by atoms with Crippen LogP contribution in [0.2, 0.25) is 5.02 Å². The van der Waals surface area contributed by atoms with Crippen LogP contribution in [-0.4, -0.2) is 25.1 Å². The second kappa shape index (κ2) is 12.3. The number of nitrogens with one attached hydrogen (secondary N) is 2. The molecular weight excluding hydrogens is 541 g/mol. The van der Waals surface area contributed by atoms with E-state index in [0.29, 0.717) is 33.6 Å². The molecule has 0 atom stereocenters. The molecule has 0 fully saturated rings. The molecule has 0 unspecified atom stereocenters. The van der Waals surface area contributed by atoms with Gasteiger partial charge in [0.05, 0.1) is 22.8 Å². The van der Waals surface area contributed by atoms with E-state index < -0.39 is 17.6 Å². The summed E-state index contributed by atoms with van der Waals surface area (Å²) in [6.45, 7) is 1.84. The van der Waals surface area contributed by atoms with E-state index in [2.05, 4.69) is 31.8 Å². The highest BCUT2D eigenvalue weighted by atomic mass is 79.9. The lowest BCUT2D eigenvalue weighted by atomic mass is 10.1. The van der Waals surface area contributed by atoms with Crippen LogP contribution < -0.4 is 20.2 Å². The van der Waals surface area contributed by atoms with Gasteiger partial charge in [-0.15, -0.1) is 0 Å². The van der Waals surface area contributed by atoms with Gasteiger partial charge in [-0.25, -0.2) is 9.82 Å². The summed E-state index contributed by atoms with van der Waals surface area (Å²) in [7, 11) is 1.45. The van der Waals surface area contributed by atoms with Crippen molar-refractivity contribution in [3.63, 3.8) is 0 Å². The molecule has 0 aliphatic rings. The highest BCUT2D eigenvalue weighted by Gasteiger charge is 2.16. The Balaban J connectivity index is 1.66. The van der Waals surface area contributed by atoms with Gasteiger partial charge in [-0.2, -0.15) is 5.10 Å². The van der Waals surface area contributed by atoms with Gasteiger partial charge in [-0.1, -0.05) is 42.8 Å². The van der Waals surface area contributed by atoms with Gasteiger partial charge in [0.2, 0.25) is 0 Å². The molecule has 0 bridgehead atoms. The number of benzene rings is 3. The SMILES string of the molecule is CCc1ccccc1NC(=O)C(=O)NN=Cc1cc(Br)c(OCc2c(F)cccc2Cl)c(OC)c1. The summed E-state index contributed by atoms with van der Waals surface area (Å²) in [5, 5.41) is 6.67. The Morgan fingerprint density at radius 1 is 1.14 bits per heavy atom. The van der Waals surface area contributed by atoms with Crippen LogP contribution in [0.15, 0.2) is 64.2 Å². The van der Waals surface area contributed by atoms with E-state index in [-0.39, 0.29) is 17.2 Å². The number of carbonyl (C=O) groups is 2. The van der Waals surface area contributed by atoms with Crippen LogP contribution in [0, 0.1) is 5.82 Å². The topological polar surface area (TPSA) is 89.0 Å². The number of hydrogen-bond donors (Lipinski definition) is 2. The predicted octanol–water partition coefficient (Wildman–Crippen LogP) is 5.48. The van der Waals surface area contributed by atoms with Gasteiger partial charge in [0.1, 0.15) is 12.4 Å². The quantitative estimate of drug-likeness (QED) is 0.216. The van der Waals surface area contributed by atoms with Gasteiger partial charge < -0.3 is 14.8 Å². The highest BCUT2D eigenvalue weighted by molar-refractivity contribution is 9.10. The van der Waals surface area contributed by atoms with Crippen LogP contribution in [0.5, 0.6) is 11.5 Å². The van der Waals surface area contributed by atoms with Crippen molar-refractivity contribution in [2.75, 3.05) is 12.4 Å². The molecule has 0 saturated heterocycles. The Morgan fingerprint density at radius 2 is 1.91 bits per heavy atom. The van der Waals surface area contributed by atoms with E-state index in [0.717, 1.165) is 5.56 Å². The number of nitrogens with zero attached hydrogens (tertiary/aromatic N) is 1. The van der Waals surface area contributed by atoms with E-state index in [9.17, 15) is 14.0 Å². The highest BCUT2D eigenvalue weighted by Crippen LogP contribution is 2.37. The van der Waals surface area contributed by atoms with E-state index in [1.54, 1.807) is 30.3 Å². The third-order valence-corrected chi connectivity index (χ3v) is 5.85. The zero-order valence-corrected chi connectivity index (χ0v) is 21.2. The summed E-state index contributed by atoms with van der Waals surface area (Å²) in [6, 6.07) is 14.9. The summed E-state index contributed by atoms with van der Waals surface area (Å²) in [4.78, 5) is 24.3. The molecule has 2 N–H and O–H groups in total. The number of ether oxygens (including phenoxy) is 2. The third-order valence-electron chi connectivity index (χ3n) is 4.91. The minimum Gasteiger partial charge on any atom is -0.493 e. The molecule has 0 spiro atoms. The lowest BCUT2D eigenvalue weighted by molar-refractivity contribution is -0.136. The fourth-order valence-electron chi connectivity index (χ4n) is 3.11. The van der Waals surface area contributed by atoms with Crippen LogP contribution in [-0.2, 0) is 22.6 Å². The van der Waals surface area contributed by atoms with Gasteiger partial charge in [-0.05, 0) is 63.8 Å². The minimum atomic E-state index is -0.917. The van der Waals surface area contributed by atoms with Crippen molar-refractivity contribution in [3.05, 3.63) is 86.6 Å². The number of para-hydroxylation sites is 1. The van der Waals surface area contributed by atoms with Crippen molar-refractivity contribution < 1.29 is 23.5 Å². The lowest BCUT2D eigenvalue weighted by Crippen LogP contribution is -2.32. The molecule has 3 aromatic carbocycles.